The van der Waals surface area contributed by atoms with Crippen molar-refractivity contribution < 1.29 is 23.1 Å². The summed E-state index contributed by atoms with van der Waals surface area (Å²) >= 11 is 3.26. The molecule has 1 aliphatic rings. The van der Waals surface area contributed by atoms with Gasteiger partial charge in [0.05, 0.1) is 0 Å². The Balaban J connectivity index is 2.08. The number of alkyl halides is 2. The van der Waals surface area contributed by atoms with Gasteiger partial charge in [-0.2, -0.15) is 8.78 Å². The first-order valence-corrected chi connectivity index (χ1v) is 9.59. The van der Waals surface area contributed by atoms with Crippen molar-refractivity contribution in [2.24, 2.45) is 5.92 Å². The van der Waals surface area contributed by atoms with Crippen molar-refractivity contribution in [2.75, 3.05) is 13.1 Å². The lowest BCUT2D eigenvalue weighted by Gasteiger charge is -2.26. The SMILES string of the molecule is CC(C)[C@H](NC(=O)/C=C/c1cc(Br)ccc1OC(F)F)C(=O)N1CCCC1. The number of ether oxygens (including phenoxy) is 1. The van der Waals surface area contributed by atoms with Gasteiger partial charge in [0.2, 0.25) is 11.8 Å². The normalized spacial score (nSPS) is 15.6. The monoisotopic (exact) mass is 444 g/mol. The Hall–Kier alpha value is -1.96. The molecule has 1 aliphatic heterocycles. The van der Waals surface area contributed by atoms with E-state index >= 15 is 0 Å². The van der Waals surface area contributed by atoms with Crippen LogP contribution in [0, 0.1) is 5.92 Å². The molecule has 0 aliphatic carbocycles. The molecular weight excluding hydrogens is 422 g/mol. The molecule has 148 valence electrons. The molecule has 27 heavy (non-hydrogen) atoms. The number of likely N-dealkylation sites (tertiary alicyclic amines) is 1. The van der Waals surface area contributed by atoms with Crippen LogP contribution in [0.2, 0.25) is 0 Å². The molecule has 1 saturated heterocycles. The molecule has 1 atom stereocenters. The number of rotatable bonds is 7. The van der Waals surface area contributed by atoms with Crippen molar-refractivity contribution in [1.82, 2.24) is 10.2 Å². The molecule has 0 bridgehead atoms. The Kier molecular flexibility index (Phi) is 7.77. The summed E-state index contributed by atoms with van der Waals surface area (Å²) in [6, 6.07) is 3.90. The lowest BCUT2D eigenvalue weighted by molar-refractivity contribution is -0.135. The first-order chi connectivity index (χ1) is 12.8. The number of hydrogen-bond donors (Lipinski definition) is 1. The molecule has 0 radical (unpaired) electrons. The molecule has 0 spiro atoms. The second-order valence-electron chi connectivity index (χ2n) is 6.66. The number of carbonyl (C=O) groups excluding carboxylic acids is 2. The maximum atomic E-state index is 12.6. The number of nitrogens with zero attached hydrogens (tertiary/aromatic N) is 1. The average Bonchev–Trinajstić information content (AvgIpc) is 3.13. The predicted octanol–water partition coefficient (Wildman–Crippen LogP) is 3.83. The van der Waals surface area contributed by atoms with Crippen LogP contribution in [0.15, 0.2) is 28.7 Å². The molecule has 0 aromatic heterocycles. The van der Waals surface area contributed by atoms with E-state index in [4.69, 9.17) is 0 Å². The standard InChI is InChI=1S/C19H23BrF2N2O3/c1-12(2)17(18(26)24-9-3-4-10-24)23-16(25)8-5-13-11-14(20)6-7-15(13)27-19(21)22/h5-8,11-12,17,19H,3-4,9-10H2,1-2H3,(H,23,25)/b8-5+/t17-/m0/s1. The second kappa shape index (κ2) is 9.82. The topological polar surface area (TPSA) is 58.6 Å². The summed E-state index contributed by atoms with van der Waals surface area (Å²) in [5.41, 5.74) is 0.326. The molecule has 1 N–H and O–H groups in total. The molecule has 0 saturated carbocycles. The van der Waals surface area contributed by atoms with E-state index in [1.54, 1.807) is 17.0 Å². The van der Waals surface area contributed by atoms with Crippen molar-refractivity contribution in [3.63, 3.8) is 0 Å². The van der Waals surface area contributed by atoms with Crippen LogP contribution in [0.5, 0.6) is 5.75 Å². The van der Waals surface area contributed by atoms with Crippen LogP contribution in [0.3, 0.4) is 0 Å². The van der Waals surface area contributed by atoms with Crippen molar-refractivity contribution in [2.45, 2.75) is 39.3 Å². The highest BCUT2D eigenvalue weighted by molar-refractivity contribution is 9.10. The summed E-state index contributed by atoms with van der Waals surface area (Å²) in [5.74, 6) is -0.664. The van der Waals surface area contributed by atoms with Gasteiger partial charge in [0, 0.05) is 29.2 Å². The zero-order valence-corrected chi connectivity index (χ0v) is 16.8. The Morgan fingerprint density at radius 3 is 2.52 bits per heavy atom. The van der Waals surface area contributed by atoms with Crippen LogP contribution in [0.1, 0.15) is 32.3 Å². The van der Waals surface area contributed by atoms with Crippen LogP contribution in [-0.2, 0) is 9.59 Å². The first-order valence-electron chi connectivity index (χ1n) is 8.79. The Morgan fingerprint density at radius 1 is 1.26 bits per heavy atom. The van der Waals surface area contributed by atoms with Gasteiger partial charge in [-0.25, -0.2) is 0 Å². The van der Waals surface area contributed by atoms with Crippen LogP contribution >= 0.6 is 15.9 Å². The average molecular weight is 445 g/mol. The number of carbonyl (C=O) groups is 2. The summed E-state index contributed by atoms with van der Waals surface area (Å²) in [7, 11) is 0. The molecule has 1 aromatic rings. The van der Waals surface area contributed by atoms with E-state index in [1.165, 1.54) is 18.2 Å². The van der Waals surface area contributed by atoms with Gasteiger partial charge in [0.25, 0.3) is 0 Å². The number of halogens is 3. The third-order valence-electron chi connectivity index (χ3n) is 4.25. The third kappa shape index (κ3) is 6.30. The molecule has 8 heteroatoms. The minimum absolute atomic E-state index is 0.0363. The van der Waals surface area contributed by atoms with Gasteiger partial charge in [-0.1, -0.05) is 29.8 Å². The van der Waals surface area contributed by atoms with Gasteiger partial charge >= 0.3 is 6.61 Å². The Bertz CT molecular complexity index is 704. The highest BCUT2D eigenvalue weighted by Crippen LogP contribution is 2.26. The fourth-order valence-corrected chi connectivity index (χ4v) is 3.25. The summed E-state index contributed by atoms with van der Waals surface area (Å²) in [4.78, 5) is 26.7. The van der Waals surface area contributed by atoms with E-state index < -0.39 is 18.6 Å². The molecule has 1 fully saturated rings. The minimum Gasteiger partial charge on any atom is -0.434 e. The highest BCUT2D eigenvalue weighted by atomic mass is 79.9. The summed E-state index contributed by atoms with van der Waals surface area (Å²) < 4.78 is 30.2. The fourth-order valence-electron chi connectivity index (χ4n) is 2.87. The first kappa shape index (κ1) is 21.3. The van der Waals surface area contributed by atoms with Crippen LogP contribution in [-0.4, -0.2) is 42.5 Å². The van der Waals surface area contributed by atoms with Crippen LogP contribution < -0.4 is 10.1 Å². The summed E-state index contributed by atoms with van der Waals surface area (Å²) in [5, 5.41) is 2.72. The highest BCUT2D eigenvalue weighted by Gasteiger charge is 2.29. The van der Waals surface area contributed by atoms with Gasteiger partial charge < -0.3 is 15.0 Å². The third-order valence-corrected chi connectivity index (χ3v) is 4.74. The molecule has 0 unspecified atom stereocenters. The number of nitrogens with one attached hydrogen (secondary N) is 1. The predicted molar refractivity (Wildman–Crippen MR) is 102 cm³/mol. The Morgan fingerprint density at radius 2 is 1.93 bits per heavy atom. The molecule has 2 rings (SSSR count). The lowest BCUT2D eigenvalue weighted by Crippen LogP contribution is -2.50. The zero-order valence-electron chi connectivity index (χ0n) is 15.3. The van der Waals surface area contributed by atoms with Crippen molar-refractivity contribution >= 4 is 33.8 Å². The maximum Gasteiger partial charge on any atom is 0.387 e. The lowest BCUT2D eigenvalue weighted by atomic mass is 10.0. The van der Waals surface area contributed by atoms with Gasteiger partial charge in [0.1, 0.15) is 11.8 Å². The molecule has 2 amide bonds. The van der Waals surface area contributed by atoms with Crippen molar-refractivity contribution in [1.29, 1.82) is 0 Å². The van der Waals surface area contributed by atoms with Gasteiger partial charge in [-0.15, -0.1) is 0 Å². The maximum absolute atomic E-state index is 12.6. The molecular formula is C19H23BrF2N2O3. The van der Waals surface area contributed by atoms with E-state index in [2.05, 4.69) is 26.0 Å². The smallest absolute Gasteiger partial charge is 0.387 e. The van der Waals surface area contributed by atoms with Gasteiger partial charge in [-0.3, -0.25) is 9.59 Å². The van der Waals surface area contributed by atoms with E-state index in [-0.39, 0.29) is 17.6 Å². The number of benzene rings is 1. The van der Waals surface area contributed by atoms with Crippen molar-refractivity contribution in [3.05, 3.63) is 34.3 Å². The second-order valence-corrected chi connectivity index (χ2v) is 7.57. The summed E-state index contributed by atoms with van der Waals surface area (Å²) in [6.45, 7) is 2.19. The summed E-state index contributed by atoms with van der Waals surface area (Å²) in [6.07, 6.45) is 4.54. The number of amides is 2. The van der Waals surface area contributed by atoms with Gasteiger partial charge in [-0.05, 0) is 43.0 Å². The van der Waals surface area contributed by atoms with Crippen LogP contribution in [0.25, 0.3) is 6.08 Å². The van der Waals surface area contributed by atoms with E-state index in [9.17, 15) is 18.4 Å². The van der Waals surface area contributed by atoms with Gasteiger partial charge in [0.15, 0.2) is 0 Å². The van der Waals surface area contributed by atoms with Crippen molar-refractivity contribution in [3.8, 4) is 5.75 Å². The minimum atomic E-state index is -2.96. The molecule has 1 heterocycles. The van der Waals surface area contributed by atoms with E-state index in [0.717, 1.165) is 12.8 Å². The zero-order chi connectivity index (χ0) is 20.0. The van der Waals surface area contributed by atoms with E-state index in [1.807, 2.05) is 13.8 Å². The quantitative estimate of drug-likeness (QED) is 0.650. The fraction of sp³-hybridized carbons (Fsp3) is 0.474. The van der Waals surface area contributed by atoms with E-state index in [0.29, 0.717) is 23.1 Å². The molecule has 5 nitrogen and oxygen atoms in total. The number of hydrogen-bond acceptors (Lipinski definition) is 3. The Labute approximate surface area is 165 Å². The van der Waals surface area contributed by atoms with Crippen LogP contribution in [0.4, 0.5) is 8.78 Å². The molecule has 1 aromatic carbocycles. The largest absolute Gasteiger partial charge is 0.434 e.